The number of nitrogens with two attached hydrogens (primary N) is 1. The van der Waals surface area contributed by atoms with Crippen LogP contribution in [0.5, 0.6) is 0 Å². The number of aliphatic hydroxyl groups is 1. The molecule has 5 N–H and O–H groups in total. The molecule has 3 rings (SSSR count). The van der Waals surface area contributed by atoms with Crippen LogP contribution in [0.4, 0.5) is 8.78 Å². The van der Waals surface area contributed by atoms with Gasteiger partial charge in [-0.05, 0) is 48.1 Å². The smallest absolute Gasteiger partial charge is 0.326 e. The Labute approximate surface area is 269 Å². The van der Waals surface area contributed by atoms with Gasteiger partial charge in [-0.25, -0.2) is 13.6 Å². The lowest BCUT2D eigenvalue weighted by atomic mass is 9.82. The van der Waals surface area contributed by atoms with Crippen LogP contribution in [0.2, 0.25) is 0 Å². The number of carboxylic acid groups (broad SMARTS) is 1. The van der Waals surface area contributed by atoms with E-state index in [9.17, 15) is 33.4 Å². The highest BCUT2D eigenvalue weighted by Gasteiger charge is 2.37. The molecule has 3 unspecified atom stereocenters. The molecule has 11 heteroatoms. The van der Waals surface area contributed by atoms with Crippen LogP contribution >= 0.6 is 0 Å². The van der Waals surface area contributed by atoms with E-state index in [4.69, 9.17) is 5.73 Å². The van der Waals surface area contributed by atoms with E-state index in [2.05, 4.69) is 5.32 Å². The highest BCUT2D eigenvalue weighted by atomic mass is 19.1. The van der Waals surface area contributed by atoms with E-state index in [-0.39, 0.29) is 24.9 Å². The SMILES string of the molecule is CCCCCC(NC(=O)C(N)CCN(C(=O)CO)C(c1cc(-c2cc(F)ccc2F)cn1Cc1ccccc1)C(C)(C)C)C(=O)O. The normalized spacial score (nSPS) is 13.6. The number of unbranched alkanes of at least 4 members (excludes halogenated alkanes) is 2. The van der Waals surface area contributed by atoms with Crippen molar-refractivity contribution in [2.45, 2.75) is 84.5 Å². The van der Waals surface area contributed by atoms with Gasteiger partial charge in [-0.1, -0.05) is 77.3 Å². The van der Waals surface area contributed by atoms with Crippen LogP contribution < -0.4 is 11.1 Å². The van der Waals surface area contributed by atoms with Gasteiger partial charge in [-0.2, -0.15) is 0 Å². The van der Waals surface area contributed by atoms with Gasteiger partial charge in [-0.15, -0.1) is 0 Å². The third-order valence-electron chi connectivity index (χ3n) is 7.96. The second-order valence-electron chi connectivity index (χ2n) is 12.7. The average molecular weight is 641 g/mol. The van der Waals surface area contributed by atoms with Crippen molar-refractivity contribution >= 4 is 17.8 Å². The van der Waals surface area contributed by atoms with Crippen LogP contribution in [0.25, 0.3) is 11.1 Å². The molecule has 3 aromatic rings. The number of benzene rings is 2. The van der Waals surface area contributed by atoms with Crippen molar-refractivity contribution in [1.82, 2.24) is 14.8 Å². The van der Waals surface area contributed by atoms with E-state index in [0.717, 1.165) is 36.6 Å². The first-order valence-electron chi connectivity index (χ1n) is 15.6. The number of carboxylic acids is 1. The molecule has 0 saturated carbocycles. The molecule has 0 aliphatic rings. The minimum Gasteiger partial charge on any atom is -0.480 e. The van der Waals surface area contributed by atoms with Crippen LogP contribution in [0, 0.1) is 17.0 Å². The zero-order valence-electron chi connectivity index (χ0n) is 27.0. The summed E-state index contributed by atoms with van der Waals surface area (Å²) < 4.78 is 31.1. The number of halogens is 2. The number of rotatable bonds is 16. The molecule has 0 radical (unpaired) electrons. The maximum Gasteiger partial charge on any atom is 0.326 e. The first kappa shape index (κ1) is 36.4. The number of aliphatic hydroxyl groups excluding tert-OH is 1. The van der Waals surface area contributed by atoms with E-state index < -0.39 is 59.6 Å². The Morgan fingerprint density at radius 2 is 1.72 bits per heavy atom. The second-order valence-corrected chi connectivity index (χ2v) is 12.7. The summed E-state index contributed by atoms with van der Waals surface area (Å²) in [6, 6.07) is 11.6. The number of hydrogen-bond acceptors (Lipinski definition) is 5. The molecule has 0 aliphatic carbocycles. The Bertz CT molecular complexity index is 1470. The lowest BCUT2D eigenvalue weighted by molar-refractivity contribution is -0.142. The van der Waals surface area contributed by atoms with Gasteiger partial charge >= 0.3 is 5.97 Å². The monoisotopic (exact) mass is 640 g/mol. The number of aromatic nitrogens is 1. The standard InChI is InChI=1S/C35H46F2N4O5/c1-5-6-8-13-29(34(45)46)39-33(44)28(38)16-17-41(31(43)22-42)32(35(2,3)4)30-18-24(26-19-25(36)14-15-27(26)37)21-40(30)20-23-11-9-7-10-12-23/h7,9-12,14-15,18-19,21,28-29,32,42H,5-6,8,13,16-17,20,22,38H2,1-4H3,(H,39,44)(H,45,46). The fourth-order valence-electron chi connectivity index (χ4n) is 5.64. The molecule has 0 spiro atoms. The first-order chi connectivity index (χ1) is 21.8. The summed E-state index contributed by atoms with van der Waals surface area (Å²) >= 11 is 0. The maximum atomic E-state index is 14.9. The summed E-state index contributed by atoms with van der Waals surface area (Å²) in [5.41, 5.74) is 7.58. The van der Waals surface area contributed by atoms with Gasteiger partial charge in [0, 0.05) is 36.1 Å². The Balaban J connectivity index is 2.00. The van der Waals surface area contributed by atoms with E-state index in [1.54, 1.807) is 12.3 Å². The van der Waals surface area contributed by atoms with E-state index in [1.807, 2.05) is 62.6 Å². The Hall–Kier alpha value is -4.09. The predicted molar refractivity (Wildman–Crippen MR) is 173 cm³/mol. The van der Waals surface area contributed by atoms with E-state index in [0.29, 0.717) is 24.2 Å². The summed E-state index contributed by atoms with van der Waals surface area (Å²) in [4.78, 5) is 39.5. The number of carbonyl (C=O) groups is 3. The van der Waals surface area contributed by atoms with Gasteiger partial charge in [0.05, 0.1) is 12.1 Å². The number of amides is 2. The van der Waals surface area contributed by atoms with Crippen molar-refractivity contribution in [1.29, 1.82) is 0 Å². The number of carbonyl (C=O) groups excluding carboxylic acids is 2. The second kappa shape index (κ2) is 16.5. The van der Waals surface area contributed by atoms with Crippen molar-refractivity contribution in [2.24, 2.45) is 11.1 Å². The summed E-state index contributed by atoms with van der Waals surface area (Å²) in [5.74, 6) is -3.61. The van der Waals surface area contributed by atoms with Gasteiger partial charge in [0.2, 0.25) is 11.8 Å². The summed E-state index contributed by atoms with van der Waals surface area (Å²) in [6.45, 7) is 7.25. The third-order valence-corrected chi connectivity index (χ3v) is 7.96. The molecule has 250 valence electrons. The molecule has 9 nitrogen and oxygen atoms in total. The third kappa shape index (κ3) is 9.70. The topological polar surface area (TPSA) is 138 Å². The fourth-order valence-corrected chi connectivity index (χ4v) is 5.64. The zero-order chi connectivity index (χ0) is 34.0. The quantitative estimate of drug-likeness (QED) is 0.158. The molecule has 2 aromatic carbocycles. The van der Waals surface area contributed by atoms with Crippen LogP contribution in [0.15, 0.2) is 60.8 Å². The number of nitrogens with zero attached hydrogens (tertiary/aromatic N) is 2. The van der Waals surface area contributed by atoms with Gasteiger partial charge < -0.3 is 30.7 Å². The maximum absolute atomic E-state index is 14.9. The molecule has 0 saturated heterocycles. The molecule has 46 heavy (non-hydrogen) atoms. The first-order valence-corrected chi connectivity index (χ1v) is 15.6. The molecule has 2 amide bonds. The van der Waals surface area contributed by atoms with Gasteiger partial charge in [0.15, 0.2) is 0 Å². The van der Waals surface area contributed by atoms with Crippen LogP contribution in [-0.2, 0) is 20.9 Å². The zero-order valence-corrected chi connectivity index (χ0v) is 27.0. The van der Waals surface area contributed by atoms with Crippen molar-refractivity contribution in [2.75, 3.05) is 13.2 Å². The summed E-state index contributed by atoms with van der Waals surface area (Å²) in [7, 11) is 0. The molecular formula is C35H46F2N4O5. The minimum atomic E-state index is -1.15. The molecule has 1 aromatic heterocycles. The lowest BCUT2D eigenvalue weighted by Crippen LogP contribution is -2.50. The molecule has 0 fully saturated rings. The molecule has 0 aliphatic heterocycles. The Morgan fingerprint density at radius 3 is 2.33 bits per heavy atom. The van der Waals surface area contributed by atoms with Crippen molar-refractivity contribution in [3.8, 4) is 11.1 Å². The van der Waals surface area contributed by atoms with Gasteiger partial charge in [0.1, 0.15) is 24.3 Å². The van der Waals surface area contributed by atoms with Crippen LogP contribution in [0.3, 0.4) is 0 Å². The van der Waals surface area contributed by atoms with Crippen LogP contribution in [0.1, 0.15) is 77.1 Å². The van der Waals surface area contributed by atoms with E-state index in [1.165, 1.54) is 4.90 Å². The van der Waals surface area contributed by atoms with Crippen molar-refractivity contribution in [3.63, 3.8) is 0 Å². The molecular weight excluding hydrogens is 594 g/mol. The van der Waals surface area contributed by atoms with Crippen LogP contribution in [-0.4, -0.2) is 62.7 Å². The minimum absolute atomic E-state index is 0.0176. The predicted octanol–water partition coefficient (Wildman–Crippen LogP) is 5.26. The summed E-state index contributed by atoms with van der Waals surface area (Å²) in [5, 5.41) is 22.1. The Kier molecular flexibility index (Phi) is 13.0. The van der Waals surface area contributed by atoms with E-state index >= 15 is 0 Å². The highest BCUT2D eigenvalue weighted by Crippen LogP contribution is 2.41. The number of nitrogens with one attached hydrogen (secondary N) is 1. The molecule has 1 heterocycles. The van der Waals surface area contributed by atoms with Gasteiger partial charge in [-0.3, -0.25) is 9.59 Å². The Morgan fingerprint density at radius 1 is 1.02 bits per heavy atom. The highest BCUT2D eigenvalue weighted by molar-refractivity contribution is 5.86. The van der Waals surface area contributed by atoms with Crippen molar-refractivity contribution in [3.05, 3.63) is 83.7 Å². The molecule has 0 bridgehead atoms. The fraction of sp³-hybridized carbons (Fsp3) is 0.457. The number of hydrogen-bond donors (Lipinski definition) is 4. The lowest BCUT2D eigenvalue weighted by Gasteiger charge is -2.41. The average Bonchev–Trinajstić information content (AvgIpc) is 3.41. The number of aliphatic carboxylic acids is 1. The van der Waals surface area contributed by atoms with Gasteiger partial charge in [0.25, 0.3) is 0 Å². The summed E-state index contributed by atoms with van der Waals surface area (Å²) in [6.07, 6.45) is 4.34. The largest absolute Gasteiger partial charge is 0.480 e. The van der Waals surface area contributed by atoms with Crippen molar-refractivity contribution < 1.29 is 33.4 Å². The molecule has 3 atom stereocenters.